The smallest absolute Gasteiger partial charge is 0.335 e. The maximum atomic E-state index is 13.1. The lowest BCUT2D eigenvalue weighted by Crippen LogP contribution is -2.54. The summed E-state index contributed by atoms with van der Waals surface area (Å²) in [6.45, 7) is 0. The molecule has 4 amide bonds. The molecule has 1 aliphatic rings. The van der Waals surface area contributed by atoms with Crippen molar-refractivity contribution >= 4 is 52.8 Å². The van der Waals surface area contributed by atoms with Crippen LogP contribution in [0.3, 0.4) is 0 Å². The van der Waals surface area contributed by atoms with E-state index in [2.05, 4.69) is 5.32 Å². The van der Waals surface area contributed by atoms with Gasteiger partial charge in [-0.15, -0.1) is 0 Å². The number of carbonyl (C=O) groups excluding carboxylic acids is 3. The van der Waals surface area contributed by atoms with Gasteiger partial charge in [-0.25, -0.2) is 14.1 Å². The largest absolute Gasteiger partial charge is 0.495 e. The Labute approximate surface area is 163 Å². The number of anilines is 1. The van der Waals surface area contributed by atoms with E-state index in [9.17, 15) is 18.8 Å². The van der Waals surface area contributed by atoms with E-state index >= 15 is 0 Å². The predicted octanol–water partition coefficient (Wildman–Crippen LogP) is 3.81. The van der Waals surface area contributed by atoms with Crippen LogP contribution in [0, 0.1) is 5.82 Å². The van der Waals surface area contributed by atoms with E-state index in [1.807, 2.05) is 0 Å². The molecule has 6 nitrogen and oxygen atoms in total. The number of ether oxygens (including phenoxy) is 1. The first kappa shape index (κ1) is 18.9. The molecule has 2 aromatic carbocycles. The first-order chi connectivity index (χ1) is 12.8. The number of hydrogen-bond acceptors (Lipinski definition) is 4. The number of barbiturate groups is 1. The molecular formula is C18H11Cl2FN2O4. The van der Waals surface area contributed by atoms with Crippen molar-refractivity contribution in [3.05, 3.63) is 63.4 Å². The van der Waals surface area contributed by atoms with Gasteiger partial charge in [-0.1, -0.05) is 23.2 Å². The highest BCUT2D eigenvalue weighted by molar-refractivity contribution is 6.40. The molecule has 138 valence electrons. The molecule has 1 heterocycles. The monoisotopic (exact) mass is 408 g/mol. The number of imide groups is 2. The Hall–Kier alpha value is -2.90. The van der Waals surface area contributed by atoms with Gasteiger partial charge in [-0.2, -0.15) is 0 Å². The molecule has 9 heteroatoms. The molecule has 0 saturated carbocycles. The van der Waals surface area contributed by atoms with Gasteiger partial charge in [0.2, 0.25) is 0 Å². The number of urea groups is 1. The van der Waals surface area contributed by atoms with Crippen LogP contribution in [0.2, 0.25) is 10.0 Å². The maximum absolute atomic E-state index is 13.1. The minimum atomic E-state index is -0.940. The lowest BCUT2D eigenvalue weighted by Gasteiger charge is -2.26. The first-order valence-corrected chi connectivity index (χ1v) is 8.27. The molecule has 27 heavy (non-hydrogen) atoms. The molecule has 1 saturated heterocycles. The number of amides is 4. The molecule has 0 spiro atoms. The van der Waals surface area contributed by atoms with E-state index < -0.39 is 23.7 Å². The van der Waals surface area contributed by atoms with Gasteiger partial charge in [0.25, 0.3) is 11.8 Å². The van der Waals surface area contributed by atoms with E-state index in [0.29, 0.717) is 0 Å². The Morgan fingerprint density at radius 2 is 1.78 bits per heavy atom. The fraction of sp³-hybridized carbons (Fsp3) is 0.0556. The van der Waals surface area contributed by atoms with Gasteiger partial charge >= 0.3 is 6.03 Å². The second kappa shape index (κ2) is 7.38. The minimum Gasteiger partial charge on any atom is -0.495 e. The van der Waals surface area contributed by atoms with Crippen molar-refractivity contribution in [3.8, 4) is 5.75 Å². The van der Waals surface area contributed by atoms with Gasteiger partial charge in [0, 0.05) is 10.6 Å². The third kappa shape index (κ3) is 3.65. The Balaban J connectivity index is 2.09. The van der Waals surface area contributed by atoms with Gasteiger partial charge < -0.3 is 4.74 Å². The van der Waals surface area contributed by atoms with E-state index in [-0.39, 0.29) is 32.6 Å². The number of carbonyl (C=O) groups is 3. The number of benzene rings is 2. The molecule has 1 fully saturated rings. The second-order valence-corrected chi connectivity index (χ2v) is 6.29. The standard InChI is InChI=1S/C18H11Cl2FN2O4/c1-27-15-9(6-10(19)8-14(15)20)7-13-16(24)22-18(26)23(17(13)25)12-4-2-11(21)3-5-12/h2-8H,1H3,(H,22,24,26)/b13-7+. The molecule has 0 aromatic heterocycles. The van der Waals surface area contributed by atoms with Crippen molar-refractivity contribution in [2.24, 2.45) is 0 Å². The number of rotatable bonds is 3. The summed E-state index contributed by atoms with van der Waals surface area (Å²) < 4.78 is 18.3. The molecule has 0 unspecified atom stereocenters. The summed E-state index contributed by atoms with van der Waals surface area (Å²) in [7, 11) is 1.37. The van der Waals surface area contributed by atoms with Crippen LogP contribution in [0.25, 0.3) is 6.08 Å². The Bertz CT molecular complexity index is 990. The normalized spacial score (nSPS) is 15.9. The van der Waals surface area contributed by atoms with Crippen LogP contribution in [0.15, 0.2) is 42.0 Å². The van der Waals surface area contributed by atoms with Crippen LogP contribution < -0.4 is 15.0 Å². The molecule has 0 radical (unpaired) electrons. The SMILES string of the molecule is COc1c(Cl)cc(Cl)cc1/C=C1\C(=O)NC(=O)N(c2ccc(F)cc2)C1=O. The van der Waals surface area contributed by atoms with Crippen LogP contribution in [-0.2, 0) is 9.59 Å². The summed E-state index contributed by atoms with van der Waals surface area (Å²) in [6.07, 6.45) is 1.22. The number of hydrogen-bond donors (Lipinski definition) is 1. The van der Waals surface area contributed by atoms with Crippen molar-refractivity contribution in [3.63, 3.8) is 0 Å². The summed E-state index contributed by atoms with van der Waals surface area (Å²) in [4.78, 5) is 37.8. The topological polar surface area (TPSA) is 75.7 Å². The van der Waals surface area contributed by atoms with Gasteiger partial charge in [0.15, 0.2) is 0 Å². The Kier molecular flexibility index (Phi) is 5.16. The number of nitrogens with one attached hydrogen (secondary N) is 1. The average Bonchev–Trinajstić information content (AvgIpc) is 2.59. The number of halogens is 3. The van der Waals surface area contributed by atoms with Gasteiger partial charge in [-0.05, 0) is 42.5 Å². The van der Waals surface area contributed by atoms with Crippen molar-refractivity contribution in [2.45, 2.75) is 0 Å². The zero-order valence-electron chi connectivity index (χ0n) is 13.8. The van der Waals surface area contributed by atoms with E-state index in [1.54, 1.807) is 0 Å². The summed E-state index contributed by atoms with van der Waals surface area (Å²) in [5, 5.41) is 2.52. The van der Waals surface area contributed by atoms with Crippen molar-refractivity contribution in [1.29, 1.82) is 0 Å². The van der Waals surface area contributed by atoms with Crippen molar-refractivity contribution < 1.29 is 23.5 Å². The Morgan fingerprint density at radius 1 is 1.11 bits per heavy atom. The third-order valence-electron chi connectivity index (χ3n) is 3.73. The van der Waals surface area contributed by atoms with Crippen molar-refractivity contribution in [1.82, 2.24) is 5.32 Å². The zero-order chi connectivity index (χ0) is 19.7. The molecule has 2 aromatic rings. The molecule has 3 rings (SSSR count). The summed E-state index contributed by atoms with van der Waals surface area (Å²) in [6, 6.07) is 6.64. The summed E-state index contributed by atoms with van der Waals surface area (Å²) in [5.74, 6) is -2.09. The lowest BCUT2D eigenvalue weighted by molar-refractivity contribution is -0.122. The fourth-order valence-corrected chi connectivity index (χ4v) is 3.13. The Morgan fingerprint density at radius 3 is 2.41 bits per heavy atom. The highest BCUT2D eigenvalue weighted by Crippen LogP contribution is 2.34. The molecule has 0 bridgehead atoms. The van der Waals surface area contributed by atoms with E-state index in [4.69, 9.17) is 27.9 Å². The highest BCUT2D eigenvalue weighted by Gasteiger charge is 2.37. The average molecular weight is 409 g/mol. The molecule has 0 atom stereocenters. The van der Waals surface area contributed by atoms with Gasteiger partial charge in [0.1, 0.15) is 17.1 Å². The summed E-state index contributed by atoms with van der Waals surface area (Å²) >= 11 is 12.0. The van der Waals surface area contributed by atoms with Crippen LogP contribution in [-0.4, -0.2) is 25.0 Å². The maximum Gasteiger partial charge on any atom is 0.335 e. The predicted molar refractivity (Wildman–Crippen MR) is 98.4 cm³/mol. The van der Waals surface area contributed by atoms with E-state index in [1.165, 1.54) is 37.5 Å². The zero-order valence-corrected chi connectivity index (χ0v) is 15.3. The second-order valence-electron chi connectivity index (χ2n) is 5.44. The van der Waals surface area contributed by atoms with Crippen LogP contribution >= 0.6 is 23.2 Å². The molecular weight excluding hydrogens is 398 g/mol. The minimum absolute atomic E-state index is 0.105. The van der Waals surface area contributed by atoms with Crippen LogP contribution in [0.5, 0.6) is 5.75 Å². The third-order valence-corrected chi connectivity index (χ3v) is 4.23. The van der Waals surface area contributed by atoms with Crippen LogP contribution in [0.4, 0.5) is 14.9 Å². The number of methoxy groups -OCH3 is 1. The summed E-state index contributed by atoms with van der Waals surface area (Å²) in [5.41, 5.74) is 0.0471. The first-order valence-electron chi connectivity index (χ1n) is 7.52. The van der Waals surface area contributed by atoms with Gasteiger partial charge in [-0.3, -0.25) is 14.9 Å². The van der Waals surface area contributed by atoms with Crippen molar-refractivity contribution in [2.75, 3.05) is 12.0 Å². The molecule has 1 N–H and O–H groups in total. The van der Waals surface area contributed by atoms with E-state index in [0.717, 1.165) is 17.0 Å². The van der Waals surface area contributed by atoms with Gasteiger partial charge in [0.05, 0.1) is 17.8 Å². The fourth-order valence-electron chi connectivity index (χ4n) is 2.54. The molecule has 1 aliphatic heterocycles. The van der Waals surface area contributed by atoms with Crippen LogP contribution in [0.1, 0.15) is 5.56 Å². The molecule has 0 aliphatic carbocycles. The number of nitrogens with zero attached hydrogens (tertiary/aromatic N) is 1. The lowest BCUT2D eigenvalue weighted by atomic mass is 10.1. The quantitative estimate of drug-likeness (QED) is 0.618. The highest BCUT2D eigenvalue weighted by atomic mass is 35.5.